The maximum Gasteiger partial charge on any atom is 0.410 e. The van der Waals surface area contributed by atoms with Crippen LogP contribution < -0.4 is 5.32 Å². The highest BCUT2D eigenvalue weighted by atomic mass is 16.6. The molecule has 2 heterocycles. The highest BCUT2D eigenvalue weighted by Gasteiger charge is 2.29. The largest absolute Gasteiger partial charge is 0.444 e. The van der Waals surface area contributed by atoms with Gasteiger partial charge in [0.2, 0.25) is 0 Å². The summed E-state index contributed by atoms with van der Waals surface area (Å²) in [6.07, 6.45) is 4.39. The molecule has 2 rings (SSSR count). The highest BCUT2D eigenvalue weighted by molar-refractivity contribution is 5.68. The van der Waals surface area contributed by atoms with Crippen LogP contribution in [0.2, 0.25) is 0 Å². The van der Waals surface area contributed by atoms with Crippen LogP contribution in [0.1, 0.15) is 32.8 Å². The molecule has 1 aliphatic rings. The molecular formula is C15H26N4O3. The third-order valence-corrected chi connectivity index (χ3v) is 3.45. The summed E-state index contributed by atoms with van der Waals surface area (Å²) in [5.74, 6) is 0. The average Bonchev–Trinajstić information content (AvgIpc) is 3.03. The third-order valence-electron chi connectivity index (χ3n) is 3.45. The predicted octanol–water partition coefficient (Wildman–Crippen LogP) is 0.974. The molecule has 1 aliphatic heterocycles. The van der Waals surface area contributed by atoms with Crippen molar-refractivity contribution in [2.75, 3.05) is 19.7 Å². The number of aliphatic hydroxyl groups is 1. The predicted molar refractivity (Wildman–Crippen MR) is 82.4 cm³/mol. The first-order chi connectivity index (χ1) is 10.4. The van der Waals surface area contributed by atoms with Crippen LogP contribution in [-0.4, -0.2) is 57.2 Å². The second-order valence-corrected chi connectivity index (χ2v) is 6.63. The number of carbonyl (C=O) groups is 1. The topological polar surface area (TPSA) is 79.6 Å². The number of aromatic nitrogens is 2. The lowest BCUT2D eigenvalue weighted by Gasteiger charge is -2.24. The summed E-state index contributed by atoms with van der Waals surface area (Å²) in [6.45, 7) is 8.31. The molecule has 22 heavy (non-hydrogen) atoms. The Bertz CT molecular complexity index is 495. The summed E-state index contributed by atoms with van der Waals surface area (Å²) >= 11 is 0. The van der Waals surface area contributed by atoms with E-state index in [0.29, 0.717) is 19.6 Å². The van der Waals surface area contributed by atoms with Gasteiger partial charge in [0, 0.05) is 37.4 Å². The quantitative estimate of drug-likeness (QED) is 0.847. The van der Waals surface area contributed by atoms with E-state index in [9.17, 15) is 4.79 Å². The molecular weight excluding hydrogens is 284 g/mol. The van der Waals surface area contributed by atoms with Crippen LogP contribution >= 0.6 is 0 Å². The number of rotatable bonds is 5. The fourth-order valence-corrected chi connectivity index (χ4v) is 2.40. The first-order valence-corrected chi connectivity index (χ1v) is 7.71. The van der Waals surface area contributed by atoms with Gasteiger partial charge in [-0.05, 0) is 27.2 Å². The molecule has 1 amide bonds. The van der Waals surface area contributed by atoms with Crippen LogP contribution in [-0.2, 0) is 17.8 Å². The van der Waals surface area contributed by atoms with E-state index in [1.807, 2.05) is 27.0 Å². The maximum absolute atomic E-state index is 12.0. The zero-order valence-electron chi connectivity index (χ0n) is 13.6. The minimum Gasteiger partial charge on any atom is -0.444 e. The van der Waals surface area contributed by atoms with Gasteiger partial charge >= 0.3 is 6.09 Å². The lowest BCUT2D eigenvalue weighted by Crippen LogP contribution is -2.38. The summed E-state index contributed by atoms with van der Waals surface area (Å²) in [6, 6.07) is 0.272. The van der Waals surface area contributed by atoms with Gasteiger partial charge in [-0.3, -0.25) is 4.68 Å². The Labute approximate surface area is 131 Å². The number of nitrogens with zero attached hydrogens (tertiary/aromatic N) is 3. The van der Waals surface area contributed by atoms with E-state index < -0.39 is 5.60 Å². The van der Waals surface area contributed by atoms with Gasteiger partial charge in [-0.1, -0.05) is 0 Å². The Balaban J connectivity index is 1.75. The first-order valence-electron chi connectivity index (χ1n) is 7.71. The molecule has 7 nitrogen and oxygen atoms in total. The molecule has 0 aromatic carbocycles. The fourth-order valence-electron chi connectivity index (χ4n) is 2.40. The number of amides is 1. The van der Waals surface area contributed by atoms with Crippen molar-refractivity contribution in [3.63, 3.8) is 0 Å². The summed E-state index contributed by atoms with van der Waals surface area (Å²) in [5.41, 5.74) is 0.619. The molecule has 1 saturated heterocycles. The standard InChI is InChI=1S/C15H26N4O3/c1-15(2,3)22-14(21)18-5-4-13(11-18)16-8-12-9-17-19(10-12)6-7-20/h9-10,13,16,20H,4-8,11H2,1-3H3. The summed E-state index contributed by atoms with van der Waals surface area (Å²) in [5, 5.41) is 16.5. The first kappa shape index (κ1) is 16.8. The Morgan fingerprint density at radius 2 is 2.32 bits per heavy atom. The van der Waals surface area contributed by atoms with Crippen LogP contribution in [0.25, 0.3) is 0 Å². The van der Waals surface area contributed by atoms with Gasteiger partial charge in [0.1, 0.15) is 5.60 Å². The van der Waals surface area contributed by atoms with Crippen molar-refractivity contribution in [1.82, 2.24) is 20.0 Å². The lowest BCUT2D eigenvalue weighted by atomic mass is 10.2. The van der Waals surface area contributed by atoms with Gasteiger partial charge in [-0.25, -0.2) is 4.79 Å². The van der Waals surface area contributed by atoms with Crippen LogP contribution in [0.4, 0.5) is 4.79 Å². The lowest BCUT2D eigenvalue weighted by molar-refractivity contribution is 0.0291. The van der Waals surface area contributed by atoms with Crippen molar-refractivity contribution in [2.24, 2.45) is 0 Å². The zero-order valence-corrected chi connectivity index (χ0v) is 13.6. The van der Waals surface area contributed by atoms with Crippen molar-refractivity contribution >= 4 is 6.09 Å². The van der Waals surface area contributed by atoms with E-state index in [4.69, 9.17) is 9.84 Å². The zero-order chi connectivity index (χ0) is 16.2. The average molecular weight is 310 g/mol. The van der Waals surface area contributed by atoms with Crippen LogP contribution in [0.15, 0.2) is 12.4 Å². The van der Waals surface area contributed by atoms with Gasteiger partial charge in [-0.15, -0.1) is 0 Å². The minimum absolute atomic E-state index is 0.0853. The molecule has 0 radical (unpaired) electrons. The number of likely N-dealkylation sites (tertiary alicyclic amines) is 1. The van der Waals surface area contributed by atoms with Crippen molar-refractivity contribution in [2.45, 2.75) is 51.9 Å². The van der Waals surface area contributed by atoms with Crippen molar-refractivity contribution in [3.8, 4) is 0 Å². The number of aliphatic hydroxyl groups excluding tert-OH is 1. The van der Waals surface area contributed by atoms with E-state index in [1.165, 1.54) is 0 Å². The van der Waals surface area contributed by atoms with E-state index in [1.54, 1.807) is 15.8 Å². The second kappa shape index (κ2) is 7.11. The van der Waals surface area contributed by atoms with Crippen molar-refractivity contribution in [1.29, 1.82) is 0 Å². The molecule has 0 aliphatic carbocycles. The van der Waals surface area contributed by atoms with Gasteiger partial charge in [-0.2, -0.15) is 5.10 Å². The summed E-state index contributed by atoms with van der Waals surface area (Å²) in [7, 11) is 0. The Morgan fingerprint density at radius 3 is 3.00 bits per heavy atom. The number of hydrogen-bond donors (Lipinski definition) is 2. The van der Waals surface area contributed by atoms with Gasteiger partial charge in [0.25, 0.3) is 0 Å². The molecule has 1 aromatic heterocycles. The minimum atomic E-state index is -0.454. The summed E-state index contributed by atoms with van der Waals surface area (Å²) in [4.78, 5) is 13.7. The van der Waals surface area contributed by atoms with E-state index >= 15 is 0 Å². The molecule has 0 saturated carbocycles. The monoisotopic (exact) mass is 310 g/mol. The van der Waals surface area contributed by atoms with Crippen LogP contribution in [0, 0.1) is 0 Å². The highest BCUT2D eigenvalue weighted by Crippen LogP contribution is 2.15. The maximum atomic E-state index is 12.0. The Kier molecular flexibility index (Phi) is 5.42. The molecule has 0 bridgehead atoms. The molecule has 0 spiro atoms. The van der Waals surface area contributed by atoms with E-state index in [0.717, 1.165) is 18.5 Å². The summed E-state index contributed by atoms with van der Waals surface area (Å²) < 4.78 is 7.11. The van der Waals surface area contributed by atoms with E-state index in [2.05, 4.69) is 10.4 Å². The molecule has 124 valence electrons. The second-order valence-electron chi connectivity index (χ2n) is 6.63. The number of carbonyl (C=O) groups excluding carboxylic acids is 1. The fraction of sp³-hybridized carbons (Fsp3) is 0.733. The van der Waals surface area contributed by atoms with Crippen LogP contribution in [0.5, 0.6) is 0 Å². The molecule has 1 fully saturated rings. The molecule has 2 N–H and O–H groups in total. The number of nitrogens with one attached hydrogen (secondary N) is 1. The van der Waals surface area contributed by atoms with E-state index in [-0.39, 0.29) is 18.7 Å². The number of ether oxygens (including phenoxy) is 1. The normalized spacial score (nSPS) is 18.7. The number of hydrogen-bond acceptors (Lipinski definition) is 5. The van der Waals surface area contributed by atoms with Gasteiger partial charge in [0.05, 0.1) is 19.3 Å². The van der Waals surface area contributed by atoms with Gasteiger partial charge in [0.15, 0.2) is 0 Å². The Hall–Kier alpha value is -1.60. The van der Waals surface area contributed by atoms with Crippen molar-refractivity contribution < 1.29 is 14.6 Å². The molecule has 1 unspecified atom stereocenters. The SMILES string of the molecule is CC(C)(C)OC(=O)N1CCC(NCc2cnn(CCO)c2)C1. The molecule has 1 atom stereocenters. The van der Waals surface area contributed by atoms with Gasteiger partial charge < -0.3 is 20.1 Å². The van der Waals surface area contributed by atoms with Crippen LogP contribution in [0.3, 0.4) is 0 Å². The smallest absolute Gasteiger partial charge is 0.410 e. The molecule has 7 heteroatoms. The van der Waals surface area contributed by atoms with Crippen molar-refractivity contribution in [3.05, 3.63) is 18.0 Å². The molecule has 1 aromatic rings. The Morgan fingerprint density at radius 1 is 1.55 bits per heavy atom. The third kappa shape index (κ3) is 4.99.